The lowest BCUT2D eigenvalue weighted by Crippen LogP contribution is -2.35. The number of sulfonamides is 2. The number of hydrogen-bond donors (Lipinski definition) is 1. The van der Waals surface area contributed by atoms with Gasteiger partial charge in [-0.3, -0.25) is 9.03 Å². The summed E-state index contributed by atoms with van der Waals surface area (Å²) in [6, 6.07) is 16.8. The van der Waals surface area contributed by atoms with Crippen molar-refractivity contribution in [1.82, 2.24) is 0 Å². The van der Waals surface area contributed by atoms with Crippen LogP contribution in [-0.2, 0) is 32.9 Å². The third kappa shape index (κ3) is 3.97. The third-order valence-electron chi connectivity index (χ3n) is 4.99. The standard InChI is InChI=1S/C21H22N2O4S3/c1-2-18-11-13-21(28-18)29(24,25)22-17-10-12-20-16(15-17)7-6-14-23(20)30(26,27)19-8-4-3-5-9-19/h3-5,8-13,15,22H,2,6-7,14H2,1H3. The van der Waals surface area contributed by atoms with Crippen molar-refractivity contribution in [1.29, 1.82) is 0 Å². The molecule has 0 bridgehead atoms. The molecule has 9 heteroatoms. The van der Waals surface area contributed by atoms with E-state index in [1.54, 1.807) is 54.6 Å². The van der Waals surface area contributed by atoms with Crippen LogP contribution in [-0.4, -0.2) is 23.4 Å². The van der Waals surface area contributed by atoms with Crippen LogP contribution < -0.4 is 9.03 Å². The van der Waals surface area contributed by atoms with Crippen LogP contribution in [0.5, 0.6) is 0 Å². The molecule has 1 aliphatic rings. The average molecular weight is 463 g/mol. The van der Waals surface area contributed by atoms with Gasteiger partial charge in [0.05, 0.1) is 10.6 Å². The smallest absolute Gasteiger partial charge is 0.271 e. The summed E-state index contributed by atoms with van der Waals surface area (Å²) in [6.07, 6.45) is 2.13. The van der Waals surface area contributed by atoms with E-state index in [1.165, 1.54) is 15.6 Å². The molecule has 1 N–H and O–H groups in total. The number of anilines is 2. The summed E-state index contributed by atoms with van der Waals surface area (Å²) >= 11 is 1.25. The molecule has 0 radical (unpaired) electrons. The molecule has 4 rings (SSSR count). The lowest BCUT2D eigenvalue weighted by atomic mass is 10.0. The molecule has 2 aromatic carbocycles. The van der Waals surface area contributed by atoms with Crippen molar-refractivity contribution in [2.24, 2.45) is 0 Å². The van der Waals surface area contributed by atoms with Crippen molar-refractivity contribution in [3.8, 4) is 0 Å². The number of benzene rings is 2. The highest BCUT2D eigenvalue weighted by molar-refractivity contribution is 7.94. The Bertz CT molecular complexity index is 1270. The summed E-state index contributed by atoms with van der Waals surface area (Å²) in [5.74, 6) is 0. The zero-order chi connectivity index (χ0) is 21.4. The monoisotopic (exact) mass is 462 g/mol. The first-order valence-electron chi connectivity index (χ1n) is 9.63. The van der Waals surface area contributed by atoms with E-state index in [-0.39, 0.29) is 9.10 Å². The fourth-order valence-corrected chi connectivity index (χ4v) is 7.40. The molecular weight excluding hydrogens is 440 g/mol. The predicted molar refractivity (Wildman–Crippen MR) is 120 cm³/mol. The largest absolute Gasteiger partial charge is 0.279 e. The van der Waals surface area contributed by atoms with E-state index >= 15 is 0 Å². The molecule has 1 aromatic heterocycles. The van der Waals surface area contributed by atoms with E-state index in [0.717, 1.165) is 16.9 Å². The molecule has 0 aliphatic carbocycles. The Morgan fingerprint density at radius 2 is 1.77 bits per heavy atom. The Balaban J connectivity index is 1.64. The lowest BCUT2D eigenvalue weighted by molar-refractivity contribution is 0.586. The Morgan fingerprint density at radius 1 is 1.00 bits per heavy atom. The molecule has 6 nitrogen and oxygen atoms in total. The third-order valence-corrected chi connectivity index (χ3v) is 9.92. The minimum atomic E-state index is -3.68. The zero-order valence-corrected chi connectivity index (χ0v) is 18.9. The number of fused-ring (bicyclic) bond motifs is 1. The van der Waals surface area contributed by atoms with Crippen molar-refractivity contribution in [2.45, 2.75) is 35.3 Å². The first-order chi connectivity index (χ1) is 14.3. The molecule has 3 aromatic rings. The Kier molecular flexibility index (Phi) is 5.61. The number of nitrogens with one attached hydrogen (secondary N) is 1. The molecule has 158 valence electrons. The molecule has 0 saturated heterocycles. The van der Waals surface area contributed by atoms with Crippen LogP contribution in [0.15, 0.2) is 69.8 Å². The zero-order valence-electron chi connectivity index (χ0n) is 16.4. The van der Waals surface area contributed by atoms with Crippen LogP contribution in [0.2, 0.25) is 0 Å². The molecule has 0 fully saturated rings. The SMILES string of the molecule is CCc1ccc(S(=O)(=O)Nc2ccc3c(c2)CCCN3S(=O)(=O)c2ccccc2)s1. The van der Waals surface area contributed by atoms with Crippen LogP contribution in [0.4, 0.5) is 11.4 Å². The highest BCUT2D eigenvalue weighted by atomic mass is 32.2. The van der Waals surface area contributed by atoms with Crippen LogP contribution in [0.1, 0.15) is 23.8 Å². The van der Waals surface area contributed by atoms with E-state index in [2.05, 4.69) is 4.72 Å². The second kappa shape index (κ2) is 8.05. The van der Waals surface area contributed by atoms with E-state index in [4.69, 9.17) is 0 Å². The van der Waals surface area contributed by atoms with Gasteiger partial charge in [0.1, 0.15) is 4.21 Å². The van der Waals surface area contributed by atoms with Gasteiger partial charge in [-0.05, 0) is 67.3 Å². The number of hydrogen-bond acceptors (Lipinski definition) is 5. The van der Waals surface area contributed by atoms with Gasteiger partial charge in [-0.2, -0.15) is 0 Å². The van der Waals surface area contributed by atoms with Crippen LogP contribution in [0.3, 0.4) is 0 Å². The van der Waals surface area contributed by atoms with Gasteiger partial charge >= 0.3 is 0 Å². The fraction of sp³-hybridized carbons (Fsp3) is 0.238. The number of nitrogens with zero attached hydrogens (tertiary/aromatic N) is 1. The summed E-state index contributed by atoms with van der Waals surface area (Å²) < 4.78 is 55.9. The Labute approximate surface area is 181 Å². The molecule has 1 aliphatic heterocycles. The normalized spacial score (nSPS) is 14.4. The van der Waals surface area contributed by atoms with Crippen LogP contribution in [0, 0.1) is 0 Å². The van der Waals surface area contributed by atoms with E-state index < -0.39 is 20.0 Å². The summed E-state index contributed by atoms with van der Waals surface area (Å²) in [6.45, 7) is 2.37. The van der Waals surface area contributed by atoms with Gasteiger partial charge in [0.25, 0.3) is 20.0 Å². The number of aryl methyl sites for hydroxylation is 2. The summed E-state index contributed by atoms with van der Waals surface area (Å²) in [7, 11) is -7.35. The van der Waals surface area contributed by atoms with Crippen molar-refractivity contribution >= 4 is 42.8 Å². The van der Waals surface area contributed by atoms with Crippen molar-refractivity contribution in [2.75, 3.05) is 15.6 Å². The van der Waals surface area contributed by atoms with Gasteiger partial charge < -0.3 is 0 Å². The first kappa shape index (κ1) is 20.9. The maximum atomic E-state index is 13.1. The molecule has 0 saturated carbocycles. The maximum absolute atomic E-state index is 13.1. The molecule has 0 unspecified atom stereocenters. The molecule has 2 heterocycles. The average Bonchev–Trinajstić information content (AvgIpc) is 3.24. The maximum Gasteiger partial charge on any atom is 0.271 e. The predicted octanol–water partition coefficient (Wildman–Crippen LogP) is 4.25. The van der Waals surface area contributed by atoms with Crippen molar-refractivity contribution < 1.29 is 16.8 Å². The van der Waals surface area contributed by atoms with E-state index in [9.17, 15) is 16.8 Å². The topological polar surface area (TPSA) is 83.6 Å². The first-order valence-corrected chi connectivity index (χ1v) is 13.4. The molecular formula is C21H22N2O4S3. The molecule has 0 spiro atoms. The highest BCUT2D eigenvalue weighted by Crippen LogP contribution is 2.34. The van der Waals surface area contributed by atoms with Crippen LogP contribution in [0.25, 0.3) is 0 Å². The quantitative estimate of drug-likeness (QED) is 0.594. The Hall–Kier alpha value is -2.36. The van der Waals surface area contributed by atoms with Gasteiger partial charge in [0.2, 0.25) is 0 Å². The van der Waals surface area contributed by atoms with Crippen LogP contribution >= 0.6 is 11.3 Å². The van der Waals surface area contributed by atoms with Gasteiger partial charge in [0, 0.05) is 17.1 Å². The molecule has 0 atom stereocenters. The second-order valence-electron chi connectivity index (χ2n) is 7.02. The van der Waals surface area contributed by atoms with Gasteiger partial charge in [-0.1, -0.05) is 25.1 Å². The minimum absolute atomic E-state index is 0.243. The summed E-state index contributed by atoms with van der Waals surface area (Å²) in [4.78, 5) is 1.25. The van der Waals surface area contributed by atoms with Crippen molar-refractivity contribution in [3.63, 3.8) is 0 Å². The number of rotatable bonds is 6. The van der Waals surface area contributed by atoms with E-state index in [0.29, 0.717) is 30.8 Å². The summed E-state index contributed by atoms with van der Waals surface area (Å²) in [5.41, 5.74) is 1.83. The van der Waals surface area contributed by atoms with Crippen molar-refractivity contribution in [3.05, 3.63) is 71.1 Å². The fourth-order valence-electron chi connectivity index (χ4n) is 3.49. The number of thiophene rings is 1. The molecule has 0 amide bonds. The molecule has 30 heavy (non-hydrogen) atoms. The van der Waals surface area contributed by atoms with Gasteiger partial charge in [-0.25, -0.2) is 16.8 Å². The van der Waals surface area contributed by atoms with E-state index in [1.807, 2.05) is 13.0 Å². The van der Waals surface area contributed by atoms with Gasteiger partial charge in [-0.15, -0.1) is 11.3 Å². The lowest BCUT2D eigenvalue weighted by Gasteiger charge is -2.30. The van der Waals surface area contributed by atoms with Gasteiger partial charge in [0.15, 0.2) is 0 Å². The second-order valence-corrected chi connectivity index (χ2v) is 12.0. The summed E-state index contributed by atoms with van der Waals surface area (Å²) in [5, 5.41) is 0. The minimum Gasteiger partial charge on any atom is -0.279 e. The highest BCUT2D eigenvalue weighted by Gasteiger charge is 2.29. The Morgan fingerprint density at radius 3 is 2.47 bits per heavy atom.